The number of rotatable bonds is 6. The molecule has 1 amide bonds. The van der Waals surface area contributed by atoms with Gasteiger partial charge in [-0.25, -0.2) is 13.2 Å². The lowest BCUT2D eigenvalue weighted by Crippen LogP contribution is -2.48. The molecule has 33 heavy (non-hydrogen) atoms. The molecule has 0 radical (unpaired) electrons. The lowest BCUT2D eigenvalue weighted by molar-refractivity contribution is -0.135. The van der Waals surface area contributed by atoms with Gasteiger partial charge in [-0.2, -0.15) is 0 Å². The van der Waals surface area contributed by atoms with E-state index in [1.807, 2.05) is 11.8 Å². The van der Waals surface area contributed by atoms with Crippen LogP contribution in [-0.4, -0.2) is 54.5 Å². The SMILES string of the molecule is Cc1cc(F)ccc1C1CN(C(=O)CN2CCCC2)CCC1OCc1ccc(F)c(F)c1C. The maximum absolute atomic E-state index is 14.0. The predicted octanol–water partition coefficient (Wildman–Crippen LogP) is 4.72. The van der Waals surface area contributed by atoms with Crippen LogP contribution < -0.4 is 0 Å². The average molecular weight is 461 g/mol. The van der Waals surface area contributed by atoms with Gasteiger partial charge in [-0.1, -0.05) is 12.1 Å². The number of halogens is 3. The van der Waals surface area contributed by atoms with E-state index < -0.39 is 11.6 Å². The number of benzene rings is 2. The largest absolute Gasteiger partial charge is 0.373 e. The second-order valence-electron chi connectivity index (χ2n) is 9.21. The number of nitrogens with zero attached hydrogens (tertiary/aromatic N) is 2. The van der Waals surface area contributed by atoms with Gasteiger partial charge in [0.25, 0.3) is 0 Å². The summed E-state index contributed by atoms with van der Waals surface area (Å²) in [7, 11) is 0. The van der Waals surface area contributed by atoms with Crippen LogP contribution in [0, 0.1) is 31.3 Å². The third-order valence-electron chi connectivity index (χ3n) is 7.00. The molecule has 0 aliphatic carbocycles. The van der Waals surface area contributed by atoms with Crippen molar-refractivity contribution in [3.05, 3.63) is 70.0 Å². The zero-order valence-electron chi connectivity index (χ0n) is 19.3. The first-order valence-electron chi connectivity index (χ1n) is 11.6. The third kappa shape index (κ3) is 5.41. The standard InChI is InChI=1S/C26H31F3N2O2/c1-17-13-20(27)6-7-21(17)22-14-31(25(32)15-30-10-3-4-11-30)12-9-24(22)33-16-19-5-8-23(28)26(29)18(19)2/h5-8,13,22,24H,3-4,9-12,14-16H2,1-2H3. The van der Waals surface area contributed by atoms with Crippen LogP contribution in [0.4, 0.5) is 13.2 Å². The van der Waals surface area contributed by atoms with Crippen molar-refractivity contribution in [1.29, 1.82) is 0 Å². The number of hydrogen-bond acceptors (Lipinski definition) is 3. The van der Waals surface area contributed by atoms with Gasteiger partial charge in [-0.3, -0.25) is 9.69 Å². The van der Waals surface area contributed by atoms with Gasteiger partial charge in [0, 0.05) is 19.0 Å². The molecule has 2 atom stereocenters. The fourth-order valence-electron chi connectivity index (χ4n) is 4.99. The minimum atomic E-state index is -0.874. The number of amides is 1. The number of carbonyl (C=O) groups excluding carboxylic acids is 1. The molecular formula is C26H31F3N2O2. The van der Waals surface area contributed by atoms with Crippen molar-refractivity contribution in [1.82, 2.24) is 9.80 Å². The van der Waals surface area contributed by atoms with Crippen molar-refractivity contribution in [2.24, 2.45) is 0 Å². The summed E-state index contributed by atoms with van der Waals surface area (Å²) < 4.78 is 47.5. The number of hydrogen-bond donors (Lipinski definition) is 0. The molecule has 178 valence electrons. The minimum Gasteiger partial charge on any atom is -0.373 e. The van der Waals surface area contributed by atoms with Crippen LogP contribution in [0.15, 0.2) is 30.3 Å². The van der Waals surface area contributed by atoms with Crippen LogP contribution in [0.25, 0.3) is 0 Å². The number of ether oxygens (including phenoxy) is 1. The fraction of sp³-hybridized carbons (Fsp3) is 0.500. The van der Waals surface area contributed by atoms with E-state index in [4.69, 9.17) is 4.74 Å². The van der Waals surface area contributed by atoms with E-state index in [9.17, 15) is 18.0 Å². The molecule has 2 fully saturated rings. The Hall–Kier alpha value is -2.38. The van der Waals surface area contributed by atoms with Crippen LogP contribution in [0.5, 0.6) is 0 Å². The van der Waals surface area contributed by atoms with Gasteiger partial charge >= 0.3 is 0 Å². The van der Waals surface area contributed by atoms with Gasteiger partial charge in [0.1, 0.15) is 5.82 Å². The highest BCUT2D eigenvalue weighted by molar-refractivity contribution is 5.78. The van der Waals surface area contributed by atoms with E-state index in [0.29, 0.717) is 31.6 Å². The molecule has 4 nitrogen and oxygen atoms in total. The molecule has 0 bridgehead atoms. The van der Waals surface area contributed by atoms with E-state index in [-0.39, 0.29) is 35.9 Å². The van der Waals surface area contributed by atoms with Gasteiger partial charge in [0.2, 0.25) is 5.91 Å². The summed E-state index contributed by atoms with van der Waals surface area (Å²) in [5.41, 5.74) is 2.59. The first-order valence-corrected chi connectivity index (χ1v) is 11.6. The highest BCUT2D eigenvalue weighted by Gasteiger charge is 2.34. The van der Waals surface area contributed by atoms with Gasteiger partial charge in [0.15, 0.2) is 11.6 Å². The predicted molar refractivity (Wildman–Crippen MR) is 120 cm³/mol. The van der Waals surface area contributed by atoms with Gasteiger partial charge in [0.05, 0.1) is 19.3 Å². The highest BCUT2D eigenvalue weighted by Crippen LogP contribution is 2.33. The van der Waals surface area contributed by atoms with Gasteiger partial charge < -0.3 is 9.64 Å². The number of carbonyl (C=O) groups is 1. The van der Waals surface area contributed by atoms with Crippen LogP contribution in [-0.2, 0) is 16.1 Å². The van der Waals surface area contributed by atoms with E-state index in [1.165, 1.54) is 12.1 Å². The summed E-state index contributed by atoms with van der Waals surface area (Å²) in [5.74, 6) is -2.06. The molecule has 2 aromatic carbocycles. The first kappa shape index (κ1) is 23.8. The number of piperidine rings is 1. The Labute approximate surface area is 193 Å². The van der Waals surface area contributed by atoms with Crippen molar-refractivity contribution in [3.8, 4) is 0 Å². The second kappa shape index (κ2) is 10.3. The first-order chi connectivity index (χ1) is 15.8. The molecule has 4 rings (SSSR count). The van der Waals surface area contributed by atoms with E-state index in [0.717, 1.165) is 43.1 Å². The zero-order chi connectivity index (χ0) is 23.5. The molecule has 0 saturated carbocycles. The summed E-state index contributed by atoms with van der Waals surface area (Å²) >= 11 is 0. The third-order valence-corrected chi connectivity index (χ3v) is 7.00. The lowest BCUT2D eigenvalue weighted by Gasteiger charge is -2.40. The van der Waals surface area contributed by atoms with E-state index in [2.05, 4.69) is 4.90 Å². The van der Waals surface area contributed by atoms with Gasteiger partial charge in [-0.05, 0) is 86.7 Å². The van der Waals surface area contributed by atoms with E-state index in [1.54, 1.807) is 19.1 Å². The van der Waals surface area contributed by atoms with Crippen LogP contribution in [0.1, 0.15) is 47.4 Å². The molecule has 2 heterocycles. The maximum atomic E-state index is 14.0. The molecule has 2 aromatic rings. The summed E-state index contributed by atoms with van der Waals surface area (Å²) in [4.78, 5) is 17.0. The molecule has 2 aliphatic heterocycles. The van der Waals surface area contributed by atoms with Crippen molar-refractivity contribution >= 4 is 5.91 Å². The monoisotopic (exact) mass is 460 g/mol. The molecule has 2 aliphatic rings. The fourth-order valence-corrected chi connectivity index (χ4v) is 4.99. The average Bonchev–Trinajstić information content (AvgIpc) is 3.30. The Kier molecular flexibility index (Phi) is 7.39. The summed E-state index contributed by atoms with van der Waals surface area (Å²) in [6.45, 7) is 6.95. The number of aryl methyl sites for hydroxylation is 1. The summed E-state index contributed by atoms with van der Waals surface area (Å²) in [6.07, 6.45) is 2.65. The van der Waals surface area contributed by atoms with Crippen molar-refractivity contribution in [2.75, 3.05) is 32.7 Å². The quantitative estimate of drug-likeness (QED) is 0.626. The molecule has 2 unspecified atom stereocenters. The minimum absolute atomic E-state index is 0.108. The van der Waals surface area contributed by atoms with Crippen molar-refractivity contribution in [3.63, 3.8) is 0 Å². The van der Waals surface area contributed by atoms with Crippen molar-refractivity contribution < 1.29 is 22.7 Å². The molecule has 0 aromatic heterocycles. The number of likely N-dealkylation sites (tertiary alicyclic amines) is 2. The van der Waals surface area contributed by atoms with Crippen LogP contribution in [0.3, 0.4) is 0 Å². The Morgan fingerprint density at radius 2 is 1.82 bits per heavy atom. The molecule has 7 heteroatoms. The smallest absolute Gasteiger partial charge is 0.236 e. The second-order valence-corrected chi connectivity index (χ2v) is 9.21. The molecule has 2 saturated heterocycles. The Bertz CT molecular complexity index is 1010. The lowest BCUT2D eigenvalue weighted by atomic mass is 9.85. The zero-order valence-corrected chi connectivity index (χ0v) is 19.3. The van der Waals surface area contributed by atoms with Crippen molar-refractivity contribution in [2.45, 2.75) is 51.7 Å². The Morgan fingerprint density at radius 1 is 1.06 bits per heavy atom. The summed E-state index contributed by atoms with van der Waals surface area (Å²) in [5, 5.41) is 0. The molecule has 0 spiro atoms. The Balaban J connectivity index is 1.51. The van der Waals surface area contributed by atoms with Gasteiger partial charge in [-0.15, -0.1) is 0 Å². The van der Waals surface area contributed by atoms with Crippen LogP contribution in [0.2, 0.25) is 0 Å². The summed E-state index contributed by atoms with van der Waals surface area (Å²) in [6, 6.07) is 7.35. The molecule has 0 N–H and O–H groups in total. The van der Waals surface area contributed by atoms with Crippen LogP contribution >= 0.6 is 0 Å². The maximum Gasteiger partial charge on any atom is 0.236 e. The van der Waals surface area contributed by atoms with E-state index >= 15 is 0 Å². The normalized spacial score (nSPS) is 21.5. The highest BCUT2D eigenvalue weighted by atomic mass is 19.2. The Morgan fingerprint density at radius 3 is 2.55 bits per heavy atom. The molecular weight excluding hydrogens is 429 g/mol. The topological polar surface area (TPSA) is 32.8 Å².